The number of hydrogen-bond acceptors (Lipinski definition) is 5. The van der Waals surface area contributed by atoms with Gasteiger partial charge in [-0.1, -0.05) is 12.1 Å². The van der Waals surface area contributed by atoms with Crippen molar-refractivity contribution in [1.29, 1.82) is 0 Å². The van der Waals surface area contributed by atoms with Gasteiger partial charge in [-0.05, 0) is 55.3 Å². The molecule has 1 fully saturated rings. The summed E-state index contributed by atoms with van der Waals surface area (Å²) in [6, 6.07) is 11.3. The number of carbonyl (C=O) groups is 1. The Labute approximate surface area is 199 Å². The lowest BCUT2D eigenvalue weighted by Gasteiger charge is -2.26. The highest BCUT2D eigenvalue weighted by Crippen LogP contribution is 2.39. The maximum absolute atomic E-state index is 13.6. The Bertz CT molecular complexity index is 1120. The highest BCUT2D eigenvalue weighted by atomic mass is 19.1. The second-order valence-corrected chi connectivity index (χ2v) is 8.74. The smallest absolute Gasteiger partial charge is 0.258 e. The fraction of sp³-hybridized carbons (Fsp3) is 0.385. The molecular formula is C26H30FN3O4. The van der Waals surface area contributed by atoms with Crippen LogP contribution in [0.25, 0.3) is 5.57 Å². The van der Waals surface area contributed by atoms with Crippen molar-refractivity contribution in [2.45, 2.75) is 19.9 Å². The summed E-state index contributed by atoms with van der Waals surface area (Å²) in [6.45, 7) is 8.22. The molecule has 2 aromatic carbocycles. The van der Waals surface area contributed by atoms with E-state index in [9.17, 15) is 14.4 Å². The molecule has 1 aliphatic heterocycles. The molecule has 0 saturated carbocycles. The Morgan fingerprint density at radius 2 is 1.88 bits per heavy atom. The topological polar surface area (TPSA) is 76.9 Å². The number of rotatable bonds is 7. The number of carbonyl (C=O) groups excluding carboxylic acids is 1. The second-order valence-electron chi connectivity index (χ2n) is 8.74. The van der Waals surface area contributed by atoms with Crippen LogP contribution >= 0.6 is 0 Å². The van der Waals surface area contributed by atoms with E-state index in [1.165, 1.54) is 19.2 Å². The van der Waals surface area contributed by atoms with E-state index in [2.05, 4.69) is 10.2 Å². The minimum absolute atomic E-state index is 0.115. The molecule has 2 aliphatic rings. The molecule has 0 atom stereocenters. The third kappa shape index (κ3) is 5.13. The van der Waals surface area contributed by atoms with Crippen LogP contribution in [0, 0.1) is 11.0 Å². The molecule has 8 heteroatoms. The van der Waals surface area contributed by atoms with Gasteiger partial charge in [-0.25, -0.2) is 9.13 Å². The predicted molar refractivity (Wildman–Crippen MR) is 129 cm³/mol. The molecule has 7 nitrogen and oxygen atoms in total. The van der Waals surface area contributed by atoms with Crippen LogP contribution in [0.3, 0.4) is 0 Å². The van der Waals surface area contributed by atoms with E-state index in [-0.39, 0.29) is 29.1 Å². The van der Waals surface area contributed by atoms with Crippen molar-refractivity contribution >= 4 is 17.2 Å². The second kappa shape index (κ2) is 10.4. The third-order valence-electron chi connectivity index (χ3n) is 5.88. The van der Waals surface area contributed by atoms with E-state index in [1.54, 1.807) is 18.2 Å². The summed E-state index contributed by atoms with van der Waals surface area (Å²) in [5.41, 5.74) is 3.16. The van der Waals surface area contributed by atoms with Gasteiger partial charge in [0.15, 0.2) is 0 Å². The van der Waals surface area contributed by atoms with Crippen molar-refractivity contribution in [1.82, 2.24) is 10.2 Å². The number of nitrogens with zero attached hydrogens (tertiary/aromatic N) is 2. The number of hydroxylamine groups is 1. The van der Waals surface area contributed by atoms with Crippen LogP contribution in [0.5, 0.6) is 5.75 Å². The van der Waals surface area contributed by atoms with Crippen molar-refractivity contribution < 1.29 is 23.4 Å². The van der Waals surface area contributed by atoms with E-state index >= 15 is 0 Å². The Hall–Kier alpha value is -3.23. The molecule has 0 spiro atoms. The van der Waals surface area contributed by atoms with Crippen molar-refractivity contribution in [3.8, 4) is 5.75 Å². The number of amides is 1. The molecule has 34 heavy (non-hydrogen) atoms. The molecule has 4 rings (SSSR count). The summed E-state index contributed by atoms with van der Waals surface area (Å²) >= 11 is 0. The Balaban J connectivity index is 1.69. The summed E-state index contributed by atoms with van der Waals surface area (Å²) in [5.74, 6) is -0.0988. The monoisotopic (exact) mass is 467 g/mol. The quantitative estimate of drug-likeness (QED) is 0.385. The van der Waals surface area contributed by atoms with E-state index in [1.807, 2.05) is 26.0 Å². The molecule has 0 unspecified atom stereocenters. The van der Waals surface area contributed by atoms with Gasteiger partial charge in [0.1, 0.15) is 30.8 Å². The lowest BCUT2D eigenvalue weighted by atomic mass is 9.97. The van der Waals surface area contributed by atoms with Gasteiger partial charge in [-0.15, -0.1) is 0 Å². The first-order chi connectivity index (χ1) is 16.3. The van der Waals surface area contributed by atoms with Crippen LogP contribution < -0.4 is 10.1 Å². The minimum Gasteiger partial charge on any atom is -0.624 e. The molecule has 0 radical (unpaired) electrons. The molecule has 1 saturated heterocycles. The summed E-state index contributed by atoms with van der Waals surface area (Å²) in [4.78, 5) is 15.5. The van der Waals surface area contributed by atoms with Crippen LogP contribution in [0.2, 0.25) is 0 Å². The maximum atomic E-state index is 13.6. The number of ether oxygens (including phenoxy) is 2. The molecule has 180 valence electrons. The van der Waals surface area contributed by atoms with Gasteiger partial charge >= 0.3 is 0 Å². The largest absolute Gasteiger partial charge is 0.624 e. The standard InChI is InChI=1S/C26H30FN3O4/c1-17(2)28-26(31)24-23(18-4-6-19(27)7-5-18)21-9-8-20(16-22(21)25(24)29(3)32)34-15-12-30-10-13-33-14-11-30/h4-9,16-17H,10-15H2,1-3H3,(H,28,31)/b29-25+. The highest BCUT2D eigenvalue weighted by molar-refractivity contribution is 6.36. The number of halogens is 1. The van der Waals surface area contributed by atoms with Gasteiger partial charge in [-0.2, -0.15) is 0 Å². The van der Waals surface area contributed by atoms with Gasteiger partial charge in [0.25, 0.3) is 5.91 Å². The Kier molecular flexibility index (Phi) is 7.29. The number of hydrogen-bond donors (Lipinski definition) is 1. The average molecular weight is 468 g/mol. The highest BCUT2D eigenvalue weighted by Gasteiger charge is 2.38. The van der Waals surface area contributed by atoms with Gasteiger partial charge in [0.05, 0.1) is 18.8 Å². The van der Waals surface area contributed by atoms with Crippen molar-refractivity contribution in [2.75, 3.05) is 46.5 Å². The van der Waals surface area contributed by atoms with Gasteiger partial charge < -0.3 is 20.0 Å². The SMILES string of the molecule is CC(C)NC(=O)C1=C(c2ccc(F)cc2)c2ccc(OCCN3CCOCC3)cc2/C1=[N+](/C)[O-]. The molecule has 2 aromatic rings. The first-order valence-corrected chi connectivity index (χ1v) is 11.5. The van der Waals surface area contributed by atoms with Crippen LogP contribution in [0.4, 0.5) is 4.39 Å². The summed E-state index contributed by atoms with van der Waals surface area (Å²) < 4.78 is 25.7. The molecular weight excluding hydrogens is 437 g/mol. The Morgan fingerprint density at radius 3 is 2.53 bits per heavy atom. The van der Waals surface area contributed by atoms with Crippen LogP contribution in [0.15, 0.2) is 48.0 Å². The van der Waals surface area contributed by atoms with E-state index in [4.69, 9.17) is 9.47 Å². The lowest BCUT2D eigenvalue weighted by molar-refractivity contribution is -0.421. The first-order valence-electron chi connectivity index (χ1n) is 11.5. The summed E-state index contributed by atoms with van der Waals surface area (Å²) in [7, 11) is 1.38. The fourth-order valence-corrected chi connectivity index (χ4v) is 4.33. The van der Waals surface area contributed by atoms with Crippen LogP contribution in [0.1, 0.15) is 30.5 Å². The molecule has 1 aliphatic carbocycles. The molecule has 1 heterocycles. The minimum atomic E-state index is -0.370. The van der Waals surface area contributed by atoms with Crippen molar-refractivity contribution in [3.63, 3.8) is 0 Å². The predicted octanol–water partition coefficient (Wildman–Crippen LogP) is 2.81. The zero-order chi connectivity index (χ0) is 24.2. The zero-order valence-electron chi connectivity index (χ0n) is 19.8. The summed E-state index contributed by atoms with van der Waals surface area (Å²) in [5, 5.41) is 15.6. The van der Waals surface area contributed by atoms with Crippen molar-refractivity contribution in [3.05, 3.63) is 75.8 Å². The third-order valence-corrected chi connectivity index (χ3v) is 5.88. The molecule has 0 aromatic heterocycles. The zero-order valence-corrected chi connectivity index (χ0v) is 19.8. The number of morpholine rings is 1. The van der Waals surface area contributed by atoms with Crippen LogP contribution in [-0.4, -0.2) is 73.8 Å². The normalized spacial score (nSPS) is 17.7. The van der Waals surface area contributed by atoms with E-state index in [0.717, 1.165) is 38.4 Å². The first kappa shape index (κ1) is 23.9. The molecule has 1 amide bonds. The number of benzene rings is 2. The number of fused-ring (bicyclic) bond motifs is 1. The number of nitrogens with one attached hydrogen (secondary N) is 1. The fourth-order valence-electron chi connectivity index (χ4n) is 4.33. The van der Waals surface area contributed by atoms with E-state index < -0.39 is 0 Å². The van der Waals surface area contributed by atoms with Gasteiger partial charge in [0.2, 0.25) is 5.71 Å². The van der Waals surface area contributed by atoms with Gasteiger partial charge in [-0.3, -0.25) is 9.69 Å². The molecule has 0 bridgehead atoms. The molecule has 1 N–H and O–H groups in total. The lowest BCUT2D eigenvalue weighted by Crippen LogP contribution is -2.38. The van der Waals surface area contributed by atoms with Crippen LogP contribution in [-0.2, 0) is 9.53 Å². The van der Waals surface area contributed by atoms with Crippen molar-refractivity contribution in [2.24, 2.45) is 0 Å². The average Bonchev–Trinajstić information content (AvgIpc) is 3.15. The Morgan fingerprint density at radius 1 is 1.18 bits per heavy atom. The maximum Gasteiger partial charge on any atom is 0.258 e. The van der Waals surface area contributed by atoms with Gasteiger partial charge in [0, 0.05) is 31.2 Å². The van der Waals surface area contributed by atoms with E-state index in [0.29, 0.717) is 33.8 Å². The summed E-state index contributed by atoms with van der Waals surface area (Å²) in [6.07, 6.45) is 0.